The molecule has 2 rings (SSSR count). The van der Waals surface area contributed by atoms with Crippen molar-refractivity contribution in [2.24, 2.45) is 0 Å². The SMILES string of the molecule is CCNC(C)c1ccc(Oc2cccc(I)c2)cn1. The van der Waals surface area contributed by atoms with Gasteiger partial charge < -0.3 is 10.1 Å². The van der Waals surface area contributed by atoms with Gasteiger partial charge in [0, 0.05) is 9.61 Å². The van der Waals surface area contributed by atoms with E-state index in [2.05, 4.69) is 46.7 Å². The largest absolute Gasteiger partial charge is 0.456 e. The molecule has 0 saturated heterocycles. The minimum Gasteiger partial charge on any atom is -0.456 e. The molecule has 1 aromatic carbocycles. The third kappa shape index (κ3) is 4.18. The number of hydrogen-bond donors (Lipinski definition) is 1. The fourth-order valence-electron chi connectivity index (χ4n) is 1.79. The molecular formula is C15H17IN2O. The summed E-state index contributed by atoms with van der Waals surface area (Å²) in [4.78, 5) is 4.43. The van der Waals surface area contributed by atoms with Crippen molar-refractivity contribution in [2.75, 3.05) is 6.54 Å². The number of ether oxygens (including phenoxy) is 1. The zero-order valence-corrected chi connectivity index (χ0v) is 13.2. The summed E-state index contributed by atoms with van der Waals surface area (Å²) in [6, 6.07) is 12.2. The van der Waals surface area contributed by atoms with E-state index in [0.717, 1.165) is 27.3 Å². The van der Waals surface area contributed by atoms with Crippen molar-refractivity contribution in [1.82, 2.24) is 10.3 Å². The van der Waals surface area contributed by atoms with Crippen molar-refractivity contribution >= 4 is 22.6 Å². The molecule has 0 radical (unpaired) electrons. The van der Waals surface area contributed by atoms with Gasteiger partial charge in [-0.15, -0.1) is 0 Å². The van der Waals surface area contributed by atoms with Gasteiger partial charge in [0.05, 0.1) is 11.9 Å². The Morgan fingerprint density at radius 2 is 2.11 bits per heavy atom. The van der Waals surface area contributed by atoms with Crippen molar-refractivity contribution in [3.63, 3.8) is 0 Å². The molecule has 0 fully saturated rings. The number of benzene rings is 1. The van der Waals surface area contributed by atoms with Crippen molar-refractivity contribution in [3.8, 4) is 11.5 Å². The second-order valence-corrected chi connectivity index (χ2v) is 5.50. The van der Waals surface area contributed by atoms with Crippen LogP contribution in [0.2, 0.25) is 0 Å². The Morgan fingerprint density at radius 3 is 2.74 bits per heavy atom. The van der Waals surface area contributed by atoms with Crippen LogP contribution in [-0.2, 0) is 0 Å². The van der Waals surface area contributed by atoms with Crippen LogP contribution < -0.4 is 10.1 Å². The summed E-state index contributed by atoms with van der Waals surface area (Å²) in [5, 5.41) is 3.33. The van der Waals surface area contributed by atoms with Crippen LogP contribution in [0.25, 0.3) is 0 Å². The minimum atomic E-state index is 0.261. The Kier molecular flexibility index (Phi) is 5.15. The first-order valence-corrected chi connectivity index (χ1v) is 7.39. The molecule has 1 N–H and O–H groups in total. The minimum absolute atomic E-state index is 0.261. The normalized spacial score (nSPS) is 12.2. The predicted molar refractivity (Wildman–Crippen MR) is 85.6 cm³/mol. The fourth-order valence-corrected chi connectivity index (χ4v) is 2.30. The van der Waals surface area contributed by atoms with Crippen molar-refractivity contribution < 1.29 is 4.74 Å². The highest BCUT2D eigenvalue weighted by Crippen LogP contribution is 2.23. The lowest BCUT2D eigenvalue weighted by molar-refractivity contribution is 0.478. The van der Waals surface area contributed by atoms with E-state index >= 15 is 0 Å². The summed E-state index contributed by atoms with van der Waals surface area (Å²) < 4.78 is 6.92. The van der Waals surface area contributed by atoms with Gasteiger partial charge in [-0.1, -0.05) is 13.0 Å². The maximum absolute atomic E-state index is 5.77. The van der Waals surface area contributed by atoms with Gasteiger partial charge in [-0.25, -0.2) is 0 Å². The lowest BCUT2D eigenvalue weighted by Gasteiger charge is -2.12. The van der Waals surface area contributed by atoms with Crippen molar-refractivity contribution in [3.05, 3.63) is 51.9 Å². The van der Waals surface area contributed by atoms with E-state index in [4.69, 9.17) is 4.74 Å². The van der Waals surface area contributed by atoms with Crippen LogP contribution in [0.15, 0.2) is 42.6 Å². The molecule has 0 saturated carbocycles. The van der Waals surface area contributed by atoms with E-state index in [0.29, 0.717) is 0 Å². The number of pyridine rings is 1. The molecule has 0 amide bonds. The molecule has 3 nitrogen and oxygen atoms in total. The first-order chi connectivity index (χ1) is 9.19. The van der Waals surface area contributed by atoms with Gasteiger partial charge in [0.2, 0.25) is 0 Å². The number of hydrogen-bond acceptors (Lipinski definition) is 3. The standard InChI is InChI=1S/C15H17IN2O/c1-3-17-11(2)15-8-7-14(10-18-15)19-13-6-4-5-12(16)9-13/h4-11,17H,3H2,1-2H3. The molecule has 1 atom stereocenters. The first kappa shape index (κ1) is 14.3. The Hall–Kier alpha value is -1.14. The monoisotopic (exact) mass is 368 g/mol. The fraction of sp³-hybridized carbons (Fsp3) is 0.267. The molecule has 19 heavy (non-hydrogen) atoms. The molecule has 4 heteroatoms. The third-order valence-corrected chi connectivity index (χ3v) is 3.42. The second kappa shape index (κ2) is 6.86. The molecule has 1 heterocycles. The maximum atomic E-state index is 5.77. The quantitative estimate of drug-likeness (QED) is 0.806. The Bertz CT molecular complexity index is 528. The van der Waals surface area contributed by atoms with Gasteiger partial charge in [-0.05, 0) is 66.4 Å². The molecule has 0 spiro atoms. The smallest absolute Gasteiger partial charge is 0.145 e. The highest BCUT2D eigenvalue weighted by atomic mass is 127. The summed E-state index contributed by atoms with van der Waals surface area (Å²) in [5.74, 6) is 1.59. The number of halogens is 1. The molecule has 1 unspecified atom stereocenters. The molecule has 0 aliphatic rings. The third-order valence-electron chi connectivity index (χ3n) is 2.74. The van der Waals surface area contributed by atoms with Gasteiger partial charge in [-0.3, -0.25) is 4.98 Å². The van der Waals surface area contributed by atoms with Crippen LogP contribution in [-0.4, -0.2) is 11.5 Å². The number of nitrogens with one attached hydrogen (secondary N) is 1. The van der Waals surface area contributed by atoms with Gasteiger partial charge >= 0.3 is 0 Å². The number of nitrogens with zero attached hydrogens (tertiary/aromatic N) is 1. The van der Waals surface area contributed by atoms with Crippen molar-refractivity contribution in [2.45, 2.75) is 19.9 Å². The van der Waals surface area contributed by atoms with Crippen LogP contribution in [0.1, 0.15) is 25.6 Å². The summed E-state index contributed by atoms with van der Waals surface area (Å²) in [6.07, 6.45) is 1.77. The van der Waals surface area contributed by atoms with Crippen LogP contribution in [0, 0.1) is 3.57 Å². The van der Waals surface area contributed by atoms with Gasteiger partial charge in [-0.2, -0.15) is 0 Å². The maximum Gasteiger partial charge on any atom is 0.145 e. The van der Waals surface area contributed by atoms with Crippen LogP contribution in [0.5, 0.6) is 11.5 Å². The Balaban J connectivity index is 2.06. The van der Waals surface area contributed by atoms with Crippen LogP contribution in [0.3, 0.4) is 0 Å². The molecule has 0 bridgehead atoms. The van der Waals surface area contributed by atoms with E-state index in [9.17, 15) is 0 Å². The second-order valence-electron chi connectivity index (χ2n) is 4.26. The van der Waals surface area contributed by atoms with E-state index in [1.165, 1.54) is 0 Å². The first-order valence-electron chi connectivity index (χ1n) is 6.32. The lowest BCUT2D eigenvalue weighted by atomic mass is 10.2. The number of aromatic nitrogens is 1. The Labute approximate surface area is 127 Å². The lowest BCUT2D eigenvalue weighted by Crippen LogP contribution is -2.18. The molecule has 2 aromatic rings. The summed E-state index contributed by atoms with van der Waals surface area (Å²) in [5.41, 5.74) is 1.02. The highest BCUT2D eigenvalue weighted by molar-refractivity contribution is 14.1. The van der Waals surface area contributed by atoms with E-state index in [1.54, 1.807) is 6.20 Å². The van der Waals surface area contributed by atoms with E-state index in [1.807, 2.05) is 36.4 Å². The summed E-state index contributed by atoms with van der Waals surface area (Å²) >= 11 is 2.27. The molecule has 100 valence electrons. The van der Waals surface area contributed by atoms with Gasteiger partial charge in [0.1, 0.15) is 11.5 Å². The average molecular weight is 368 g/mol. The zero-order valence-electron chi connectivity index (χ0n) is 11.1. The summed E-state index contributed by atoms with van der Waals surface area (Å²) in [7, 11) is 0. The van der Waals surface area contributed by atoms with E-state index < -0.39 is 0 Å². The topological polar surface area (TPSA) is 34.1 Å². The number of rotatable bonds is 5. The molecular weight excluding hydrogens is 351 g/mol. The Morgan fingerprint density at radius 1 is 1.26 bits per heavy atom. The van der Waals surface area contributed by atoms with Gasteiger partial charge in [0.25, 0.3) is 0 Å². The summed E-state index contributed by atoms with van der Waals surface area (Å²) in [6.45, 7) is 5.13. The highest BCUT2D eigenvalue weighted by Gasteiger charge is 2.05. The predicted octanol–water partition coefficient (Wildman–Crippen LogP) is 4.15. The van der Waals surface area contributed by atoms with Gasteiger partial charge in [0.15, 0.2) is 0 Å². The van der Waals surface area contributed by atoms with Crippen LogP contribution in [0.4, 0.5) is 0 Å². The zero-order chi connectivity index (χ0) is 13.7. The molecule has 0 aliphatic heterocycles. The molecule has 1 aromatic heterocycles. The van der Waals surface area contributed by atoms with Crippen LogP contribution >= 0.6 is 22.6 Å². The van der Waals surface area contributed by atoms with E-state index in [-0.39, 0.29) is 6.04 Å². The molecule has 0 aliphatic carbocycles. The van der Waals surface area contributed by atoms with Crippen molar-refractivity contribution in [1.29, 1.82) is 0 Å². The average Bonchev–Trinajstić information content (AvgIpc) is 2.40.